The first kappa shape index (κ1) is 16.0. The van der Waals surface area contributed by atoms with E-state index >= 15 is 0 Å². The highest BCUT2D eigenvalue weighted by molar-refractivity contribution is 5.84. The van der Waals surface area contributed by atoms with E-state index in [0.29, 0.717) is 18.6 Å². The van der Waals surface area contributed by atoms with Crippen molar-refractivity contribution in [2.45, 2.75) is 65.1 Å². The van der Waals surface area contributed by atoms with Crippen LogP contribution in [0.4, 0.5) is 0 Å². The standard InChI is InChI=1S/C14H26N2O3/c1-5-9(2)13(14(18)19)15-12(17)8-16-10(3)6-7-11(16)4/h9-11,13H,5-8H2,1-4H3,(H,15,17)(H,18,19)/t9-,10?,11?,13-/m0/s1. The molecule has 0 aromatic carbocycles. The molecule has 0 spiro atoms. The van der Waals surface area contributed by atoms with Gasteiger partial charge in [0.25, 0.3) is 0 Å². The van der Waals surface area contributed by atoms with E-state index in [0.717, 1.165) is 19.3 Å². The van der Waals surface area contributed by atoms with Gasteiger partial charge in [-0.05, 0) is 32.6 Å². The largest absolute Gasteiger partial charge is 0.480 e. The van der Waals surface area contributed by atoms with Crippen molar-refractivity contribution in [1.29, 1.82) is 0 Å². The van der Waals surface area contributed by atoms with Gasteiger partial charge in [0.05, 0.1) is 6.54 Å². The summed E-state index contributed by atoms with van der Waals surface area (Å²) in [6, 6.07) is 0.00553. The SMILES string of the molecule is CC[C@H](C)[C@H](NC(=O)CN1C(C)CCC1C)C(=O)O. The van der Waals surface area contributed by atoms with Crippen LogP contribution in [0.15, 0.2) is 0 Å². The number of carboxylic acids is 1. The molecule has 1 aliphatic heterocycles. The van der Waals surface area contributed by atoms with Crippen molar-refractivity contribution in [3.63, 3.8) is 0 Å². The number of carbonyl (C=O) groups excluding carboxylic acids is 1. The Labute approximate surface area is 115 Å². The molecular formula is C14H26N2O3. The van der Waals surface area contributed by atoms with Gasteiger partial charge in [0.15, 0.2) is 0 Å². The summed E-state index contributed by atoms with van der Waals surface area (Å²) in [4.78, 5) is 25.3. The lowest BCUT2D eigenvalue weighted by Crippen LogP contribution is -2.49. The highest BCUT2D eigenvalue weighted by atomic mass is 16.4. The molecule has 0 aromatic heterocycles. The van der Waals surface area contributed by atoms with Crippen LogP contribution in [0.1, 0.15) is 47.0 Å². The van der Waals surface area contributed by atoms with Gasteiger partial charge in [-0.2, -0.15) is 0 Å². The van der Waals surface area contributed by atoms with Crippen molar-refractivity contribution in [2.24, 2.45) is 5.92 Å². The van der Waals surface area contributed by atoms with E-state index in [4.69, 9.17) is 5.11 Å². The number of nitrogens with zero attached hydrogens (tertiary/aromatic N) is 1. The highest BCUT2D eigenvalue weighted by Gasteiger charge is 2.31. The summed E-state index contributed by atoms with van der Waals surface area (Å²) in [5.74, 6) is -1.20. The first-order valence-corrected chi connectivity index (χ1v) is 7.14. The number of hydrogen-bond acceptors (Lipinski definition) is 3. The molecular weight excluding hydrogens is 244 g/mol. The van der Waals surface area contributed by atoms with Gasteiger partial charge in [0.1, 0.15) is 6.04 Å². The molecule has 5 heteroatoms. The fourth-order valence-electron chi connectivity index (χ4n) is 2.63. The maximum Gasteiger partial charge on any atom is 0.326 e. The number of nitrogens with one attached hydrogen (secondary N) is 1. The summed E-state index contributed by atoms with van der Waals surface area (Å²) >= 11 is 0. The van der Waals surface area contributed by atoms with Crippen LogP contribution in [-0.4, -0.2) is 46.6 Å². The molecule has 1 saturated heterocycles. The number of carboxylic acid groups (broad SMARTS) is 1. The van der Waals surface area contributed by atoms with Crippen molar-refractivity contribution in [3.8, 4) is 0 Å². The second kappa shape index (κ2) is 6.89. The minimum Gasteiger partial charge on any atom is -0.480 e. The number of carbonyl (C=O) groups is 2. The van der Waals surface area contributed by atoms with Gasteiger partial charge in [-0.3, -0.25) is 9.69 Å². The molecule has 110 valence electrons. The van der Waals surface area contributed by atoms with Gasteiger partial charge in [0.2, 0.25) is 5.91 Å². The zero-order valence-corrected chi connectivity index (χ0v) is 12.3. The van der Waals surface area contributed by atoms with Gasteiger partial charge in [-0.15, -0.1) is 0 Å². The van der Waals surface area contributed by atoms with Gasteiger partial charge in [-0.25, -0.2) is 4.79 Å². The van der Waals surface area contributed by atoms with Crippen molar-refractivity contribution < 1.29 is 14.7 Å². The van der Waals surface area contributed by atoms with Crippen LogP contribution in [0.5, 0.6) is 0 Å². The Balaban J connectivity index is 2.55. The summed E-state index contributed by atoms with van der Waals surface area (Å²) in [6.45, 7) is 8.29. The fourth-order valence-corrected chi connectivity index (χ4v) is 2.63. The number of hydrogen-bond donors (Lipinski definition) is 2. The normalized spacial score (nSPS) is 26.9. The summed E-state index contributed by atoms with van der Waals surface area (Å²) in [5, 5.41) is 11.8. The van der Waals surface area contributed by atoms with E-state index in [1.807, 2.05) is 13.8 Å². The second-order valence-electron chi connectivity index (χ2n) is 5.72. The summed E-state index contributed by atoms with van der Waals surface area (Å²) in [5.41, 5.74) is 0. The number of amides is 1. The lowest BCUT2D eigenvalue weighted by Gasteiger charge is -2.27. The molecule has 0 saturated carbocycles. The monoisotopic (exact) mass is 270 g/mol. The van der Waals surface area contributed by atoms with Crippen LogP contribution < -0.4 is 5.32 Å². The summed E-state index contributed by atoms with van der Waals surface area (Å²) in [6.07, 6.45) is 2.93. The van der Waals surface area contributed by atoms with Gasteiger partial charge < -0.3 is 10.4 Å². The molecule has 1 amide bonds. The Kier molecular flexibility index (Phi) is 5.79. The quantitative estimate of drug-likeness (QED) is 0.767. The summed E-state index contributed by atoms with van der Waals surface area (Å²) < 4.78 is 0. The van der Waals surface area contributed by atoms with Crippen LogP contribution >= 0.6 is 0 Å². The average molecular weight is 270 g/mol. The second-order valence-corrected chi connectivity index (χ2v) is 5.72. The predicted molar refractivity (Wildman–Crippen MR) is 73.9 cm³/mol. The molecule has 19 heavy (non-hydrogen) atoms. The molecule has 2 unspecified atom stereocenters. The van der Waals surface area contributed by atoms with Crippen molar-refractivity contribution in [1.82, 2.24) is 10.2 Å². The first-order valence-electron chi connectivity index (χ1n) is 7.14. The number of rotatable bonds is 6. The molecule has 4 atom stereocenters. The van der Waals surface area contributed by atoms with Crippen molar-refractivity contribution in [3.05, 3.63) is 0 Å². The third-order valence-electron chi connectivity index (χ3n) is 4.26. The lowest BCUT2D eigenvalue weighted by molar-refractivity contribution is -0.143. The third-order valence-corrected chi connectivity index (χ3v) is 4.26. The topological polar surface area (TPSA) is 69.6 Å². The van der Waals surface area contributed by atoms with Crippen molar-refractivity contribution in [2.75, 3.05) is 6.54 Å². The molecule has 0 aliphatic carbocycles. The van der Waals surface area contributed by atoms with Gasteiger partial charge >= 0.3 is 5.97 Å². The van der Waals surface area contributed by atoms with E-state index in [-0.39, 0.29) is 11.8 Å². The third kappa shape index (κ3) is 4.20. The Hall–Kier alpha value is -1.10. The average Bonchev–Trinajstić information content (AvgIpc) is 2.66. The van der Waals surface area contributed by atoms with Crippen LogP contribution in [-0.2, 0) is 9.59 Å². The Bertz CT molecular complexity index is 323. The highest BCUT2D eigenvalue weighted by Crippen LogP contribution is 2.22. The van der Waals surface area contributed by atoms with E-state index in [2.05, 4.69) is 24.1 Å². The maximum absolute atomic E-state index is 12.0. The van der Waals surface area contributed by atoms with Crippen molar-refractivity contribution >= 4 is 11.9 Å². The van der Waals surface area contributed by atoms with E-state index < -0.39 is 12.0 Å². The molecule has 1 fully saturated rings. The zero-order valence-electron chi connectivity index (χ0n) is 12.3. The fraction of sp³-hybridized carbons (Fsp3) is 0.857. The molecule has 0 radical (unpaired) electrons. The van der Waals surface area contributed by atoms with Gasteiger partial charge in [-0.1, -0.05) is 20.3 Å². The smallest absolute Gasteiger partial charge is 0.326 e. The molecule has 1 heterocycles. The molecule has 0 aromatic rings. The molecule has 1 aliphatic rings. The summed E-state index contributed by atoms with van der Waals surface area (Å²) in [7, 11) is 0. The van der Waals surface area contributed by atoms with E-state index in [1.165, 1.54) is 0 Å². The first-order chi connectivity index (χ1) is 8.86. The Morgan fingerprint density at radius 1 is 1.32 bits per heavy atom. The predicted octanol–water partition coefficient (Wildman–Crippen LogP) is 1.47. The minimum atomic E-state index is -0.954. The van der Waals surface area contributed by atoms with E-state index in [9.17, 15) is 9.59 Å². The Morgan fingerprint density at radius 3 is 2.26 bits per heavy atom. The van der Waals surface area contributed by atoms with Crippen LogP contribution in [0.3, 0.4) is 0 Å². The lowest BCUT2D eigenvalue weighted by atomic mass is 9.99. The number of likely N-dealkylation sites (tertiary alicyclic amines) is 1. The maximum atomic E-state index is 12.0. The van der Waals surface area contributed by atoms with Crippen LogP contribution in [0, 0.1) is 5.92 Å². The molecule has 1 rings (SSSR count). The molecule has 0 bridgehead atoms. The molecule has 5 nitrogen and oxygen atoms in total. The van der Waals surface area contributed by atoms with Crippen LogP contribution in [0.25, 0.3) is 0 Å². The Morgan fingerprint density at radius 2 is 1.84 bits per heavy atom. The minimum absolute atomic E-state index is 0.0603. The number of aliphatic carboxylic acids is 1. The molecule has 2 N–H and O–H groups in total. The van der Waals surface area contributed by atoms with Crippen LogP contribution in [0.2, 0.25) is 0 Å². The van der Waals surface area contributed by atoms with E-state index in [1.54, 1.807) is 0 Å². The van der Waals surface area contributed by atoms with Gasteiger partial charge in [0, 0.05) is 12.1 Å². The zero-order chi connectivity index (χ0) is 14.6.